The van der Waals surface area contributed by atoms with Crippen LogP contribution < -0.4 is 10.1 Å². The van der Waals surface area contributed by atoms with Crippen molar-refractivity contribution in [1.82, 2.24) is 5.32 Å². The summed E-state index contributed by atoms with van der Waals surface area (Å²) < 4.78 is 21.6. The summed E-state index contributed by atoms with van der Waals surface area (Å²) in [5, 5.41) is 12.0. The van der Waals surface area contributed by atoms with Gasteiger partial charge < -0.3 is 18.9 Å². The molecule has 0 radical (unpaired) electrons. The minimum atomic E-state index is -0.0983. The van der Waals surface area contributed by atoms with E-state index in [1.807, 2.05) is 54.6 Å². The van der Waals surface area contributed by atoms with E-state index in [-0.39, 0.29) is 19.4 Å². The maximum absolute atomic E-state index is 8.84. The van der Waals surface area contributed by atoms with E-state index >= 15 is 0 Å². The van der Waals surface area contributed by atoms with E-state index in [2.05, 4.69) is 11.4 Å². The molecule has 0 aliphatic rings. The largest absolute Gasteiger partial charge is 0.489 e. The highest BCUT2D eigenvalue weighted by molar-refractivity contribution is 5.29. The molecule has 6 heteroatoms. The molecule has 0 aliphatic heterocycles. The zero-order valence-corrected chi connectivity index (χ0v) is 15.6. The third kappa shape index (κ3) is 8.20. The third-order valence-corrected chi connectivity index (χ3v) is 3.84. The minimum Gasteiger partial charge on any atom is -0.489 e. The van der Waals surface area contributed by atoms with Gasteiger partial charge in [-0.25, -0.2) is 0 Å². The highest BCUT2D eigenvalue weighted by Gasteiger charge is 2.11. The van der Waals surface area contributed by atoms with E-state index in [4.69, 9.17) is 24.2 Å². The Balaban J connectivity index is 1.84. The molecule has 27 heavy (non-hydrogen) atoms. The molecule has 0 fully saturated rings. The van der Waals surface area contributed by atoms with Crippen molar-refractivity contribution in [3.63, 3.8) is 0 Å². The zero-order chi connectivity index (χ0) is 19.2. The molecule has 1 N–H and O–H groups in total. The van der Waals surface area contributed by atoms with Crippen molar-refractivity contribution in [2.24, 2.45) is 0 Å². The fraction of sp³-hybridized carbons (Fsp3) is 0.381. The Hall–Kier alpha value is -2.43. The van der Waals surface area contributed by atoms with Gasteiger partial charge in [-0.3, -0.25) is 5.32 Å². The molecule has 2 aromatic rings. The number of hydrogen-bond donors (Lipinski definition) is 1. The fourth-order valence-corrected chi connectivity index (χ4v) is 2.41. The first kappa shape index (κ1) is 20.9. The molecule has 0 aliphatic carbocycles. The topological polar surface area (TPSA) is 72.7 Å². The average molecular weight is 370 g/mol. The second-order valence-corrected chi connectivity index (χ2v) is 5.82. The molecule has 1 unspecified atom stereocenters. The molecule has 0 heterocycles. The van der Waals surface area contributed by atoms with Crippen LogP contribution in [0.4, 0.5) is 0 Å². The summed E-state index contributed by atoms with van der Waals surface area (Å²) in [6, 6.07) is 19.8. The van der Waals surface area contributed by atoms with Gasteiger partial charge in [0.25, 0.3) is 0 Å². The molecule has 0 spiro atoms. The lowest BCUT2D eigenvalue weighted by molar-refractivity contribution is -0.0709. The molecule has 2 rings (SSSR count). The molecule has 0 saturated carbocycles. The van der Waals surface area contributed by atoms with Crippen LogP contribution in [-0.4, -0.2) is 40.3 Å². The first-order valence-electron chi connectivity index (χ1n) is 8.85. The second kappa shape index (κ2) is 12.8. The van der Waals surface area contributed by atoms with Crippen molar-refractivity contribution in [1.29, 1.82) is 5.26 Å². The first-order valence-corrected chi connectivity index (χ1v) is 8.85. The Morgan fingerprint density at radius 1 is 1.00 bits per heavy atom. The SMILES string of the molecule is COCCOCOCC(NCC#N)c1ccc(OCc2ccccc2)cc1. The highest BCUT2D eigenvalue weighted by atomic mass is 16.7. The molecule has 6 nitrogen and oxygen atoms in total. The molecule has 0 saturated heterocycles. The number of nitrogens with one attached hydrogen (secondary N) is 1. The Bertz CT molecular complexity index is 671. The lowest BCUT2D eigenvalue weighted by Gasteiger charge is -2.18. The van der Waals surface area contributed by atoms with Gasteiger partial charge in [0.1, 0.15) is 19.1 Å². The summed E-state index contributed by atoms with van der Waals surface area (Å²) in [6.45, 7) is 2.37. The number of methoxy groups -OCH3 is 1. The van der Waals surface area contributed by atoms with Crippen molar-refractivity contribution in [2.75, 3.05) is 40.3 Å². The predicted octanol–water partition coefficient (Wildman–Crippen LogP) is 3.06. The first-order chi connectivity index (χ1) is 13.3. The van der Waals surface area contributed by atoms with Crippen LogP contribution in [0.5, 0.6) is 5.75 Å². The lowest BCUT2D eigenvalue weighted by atomic mass is 10.1. The van der Waals surface area contributed by atoms with Crippen molar-refractivity contribution in [2.45, 2.75) is 12.6 Å². The quantitative estimate of drug-likeness (QED) is 0.332. The standard InChI is InChI=1S/C21H26N2O4/c1-24-13-14-25-17-26-16-21(23-12-11-22)19-7-9-20(10-8-19)27-15-18-5-3-2-4-6-18/h2-10,21,23H,12-17H2,1H3. The van der Waals surface area contributed by atoms with Crippen molar-refractivity contribution < 1.29 is 18.9 Å². The molecule has 0 amide bonds. The third-order valence-electron chi connectivity index (χ3n) is 3.84. The number of benzene rings is 2. The van der Waals surface area contributed by atoms with Crippen molar-refractivity contribution in [3.05, 3.63) is 65.7 Å². The monoisotopic (exact) mass is 370 g/mol. The van der Waals surface area contributed by atoms with Crippen LogP contribution in [0, 0.1) is 11.3 Å². The summed E-state index contributed by atoms with van der Waals surface area (Å²) in [5.74, 6) is 0.797. The number of nitriles is 1. The maximum Gasteiger partial charge on any atom is 0.146 e. The number of rotatable bonds is 13. The van der Waals surface area contributed by atoms with E-state index in [1.54, 1.807) is 7.11 Å². The van der Waals surface area contributed by atoms with Crippen molar-refractivity contribution >= 4 is 0 Å². The normalized spacial score (nSPS) is 11.7. The van der Waals surface area contributed by atoms with E-state index in [1.165, 1.54) is 0 Å². The van der Waals surface area contributed by atoms with Crippen LogP contribution >= 0.6 is 0 Å². The Morgan fingerprint density at radius 3 is 2.48 bits per heavy atom. The molecule has 2 aromatic carbocycles. The fourth-order valence-electron chi connectivity index (χ4n) is 2.41. The van der Waals surface area contributed by atoms with E-state index in [0.29, 0.717) is 26.4 Å². The average Bonchev–Trinajstić information content (AvgIpc) is 2.72. The summed E-state index contributed by atoms with van der Waals surface area (Å²) in [6.07, 6.45) is 0. The number of hydrogen-bond acceptors (Lipinski definition) is 6. The van der Waals surface area contributed by atoms with E-state index < -0.39 is 0 Å². The van der Waals surface area contributed by atoms with Gasteiger partial charge >= 0.3 is 0 Å². The van der Waals surface area contributed by atoms with Crippen LogP contribution in [0.25, 0.3) is 0 Å². The summed E-state index contributed by atoms with van der Waals surface area (Å²) in [5.41, 5.74) is 2.14. The second-order valence-electron chi connectivity index (χ2n) is 5.82. The molecule has 144 valence electrons. The molecular formula is C21H26N2O4. The highest BCUT2D eigenvalue weighted by Crippen LogP contribution is 2.19. The van der Waals surface area contributed by atoms with Crippen LogP contribution in [0.15, 0.2) is 54.6 Å². The Labute approximate surface area is 160 Å². The van der Waals surface area contributed by atoms with Gasteiger partial charge in [-0.1, -0.05) is 42.5 Å². The van der Waals surface area contributed by atoms with Gasteiger partial charge in [0.15, 0.2) is 0 Å². The maximum atomic E-state index is 8.84. The Kier molecular flexibility index (Phi) is 9.93. The van der Waals surface area contributed by atoms with Crippen LogP contribution in [0.3, 0.4) is 0 Å². The van der Waals surface area contributed by atoms with Gasteiger partial charge in [-0.15, -0.1) is 0 Å². The predicted molar refractivity (Wildman–Crippen MR) is 102 cm³/mol. The van der Waals surface area contributed by atoms with Gasteiger partial charge in [-0.05, 0) is 23.3 Å². The smallest absolute Gasteiger partial charge is 0.146 e. The van der Waals surface area contributed by atoms with E-state index in [0.717, 1.165) is 16.9 Å². The molecule has 0 aromatic heterocycles. The van der Waals surface area contributed by atoms with Crippen molar-refractivity contribution in [3.8, 4) is 11.8 Å². The zero-order valence-electron chi connectivity index (χ0n) is 15.6. The van der Waals surface area contributed by atoms with Gasteiger partial charge in [-0.2, -0.15) is 5.26 Å². The van der Waals surface area contributed by atoms with Gasteiger partial charge in [0, 0.05) is 7.11 Å². The molecular weight excluding hydrogens is 344 g/mol. The molecule has 0 bridgehead atoms. The van der Waals surface area contributed by atoms with Gasteiger partial charge in [0.05, 0.1) is 38.5 Å². The summed E-state index contributed by atoms with van der Waals surface area (Å²) in [4.78, 5) is 0. The number of nitrogens with zero attached hydrogens (tertiary/aromatic N) is 1. The van der Waals surface area contributed by atoms with Gasteiger partial charge in [0.2, 0.25) is 0 Å². The molecule has 1 atom stereocenters. The summed E-state index contributed by atoms with van der Waals surface area (Å²) >= 11 is 0. The summed E-state index contributed by atoms with van der Waals surface area (Å²) in [7, 11) is 1.62. The van der Waals surface area contributed by atoms with Crippen LogP contribution in [0.2, 0.25) is 0 Å². The lowest BCUT2D eigenvalue weighted by Crippen LogP contribution is -2.26. The number of ether oxygens (including phenoxy) is 4. The minimum absolute atomic E-state index is 0.0983. The van der Waals surface area contributed by atoms with Crippen LogP contribution in [0.1, 0.15) is 17.2 Å². The van der Waals surface area contributed by atoms with Crippen LogP contribution in [-0.2, 0) is 20.8 Å². The Morgan fingerprint density at radius 2 is 1.78 bits per heavy atom. The van der Waals surface area contributed by atoms with E-state index in [9.17, 15) is 0 Å².